The minimum atomic E-state index is -1.10. The molecule has 1 fully saturated rings. The molecule has 1 saturated heterocycles. The molecule has 0 aromatic heterocycles. The van der Waals surface area contributed by atoms with E-state index in [4.69, 9.17) is 21.1 Å². The third-order valence-corrected chi connectivity index (χ3v) is 5.59. The van der Waals surface area contributed by atoms with Gasteiger partial charge in [-0.15, -0.1) is 0 Å². The molecule has 184 valence electrons. The van der Waals surface area contributed by atoms with Gasteiger partial charge in [0, 0.05) is 30.2 Å². The number of aliphatic hydroxyl groups excluding tert-OH is 1. The first-order chi connectivity index (χ1) is 15.3. The second-order valence-electron chi connectivity index (χ2n) is 9.37. The predicted octanol–water partition coefficient (Wildman–Crippen LogP) is 2.51. The van der Waals surface area contributed by atoms with Gasteiger partial charge in [0.25, 0.3) is 5.91 Å². The average molecular weight is 484 g/mol. The Labute approximate surface area is 200 Å². The van der Waals surface area contributed by atoms with Gasteiger partial charge >= 0.3 is 12.1 Å². The van der Waals surface area contributed by atoms with Crippen LogP contribution in [0.5, 0.6) is 0 Å². The van der Waals surface area contributed by atoms with E-state index >= 15 is 0 Å². The summed E-state index contributed by atoms with van der Waals surface area (Å²) in [5, 5.41) is 14.3. The molecule has 0 aliphatic carbocycles. The lowest BCUT2D eigenvalue weighted by Crippen LogP contribution is -2.64. The first kappa shape index (κ1) is 26.9. The molecular formula is C23H34ClN3O6. The summed E-state index contributed by atoms with van der Waals surface area (Å²) in [7, 11) is 1.25. The topological polar surface area (TPSA) is 108 Å². The highest BCUT2D eigenvalue weighted by molar-refractivity contribution is 6.30. The standard InChI is InChI=1S/C23H34ClN3O6/c1-14(2)18(25-22(31)33-23(3,4)5)20(29)26-11-12-27(17(13-26)21(30)32-6)19(28)15-7-9-16(24)10-8-15/h7-10,14,17-18,20,29H,11-13H2,1-6H3,(H,25,31)/t17-,18+,20?/m1/s1. The molecule has 10 heteroatoms. The zero-order valence-electron chi connectivity index (χ0n) is 20.0. The first-order valence-electron chi connectivity index (χ1n) is 10.9. The van der Waals surface area contributed by atoms with Crippen molar-refractivity contribution in [1.29, 1.82) is 0 Å². The van der Waals surface area contributed by atoms with E-state index in [1.807, 2.05) is 13.8 Å². The van der Waals surface area contributed by atoms with Crippen LogP contribution in [0.4, 0.5) is 4.79 Å². The summed E-state index contributed by atoms with van der Waals surface area (Å²) in [5.41, 5.74) is -0.283. The molecule has 0 spiro atoms. The van der Waals surface area contributed by atoms with Crippen molar-refractivity contribution in [2.24, 2.45) is 5.92 Å². The number of aliphatic hydroxyl groups is 1. The van der Waals surface area contributed by atoms with Crippen molar-refractivity contribution in [3.8, 4) is 0 Å². The van der Waals surface area contributed by atoms with Gasteiger partial charge in [-0.25, -0.2) is 9.59 Å². The molecule has 0 bridgehead atoms. The molecular weight excluding hydrogens is 450 g/mol. The van der Waals surface area contributed by atoms with E-state index in [2.05, 4.69) is 5.32 Å². The summed E-state index contributed by atoms with van der Waals surface area (Å²) in [6, 6.07) is 4.83. The monoisotopic (exact) mass is 483 g/mol. The van der Waals surface area contributed by atoms with Crippen LogP contribution in [0.2, 0.25) is 5.02 Å². The van der Waals surface area contributed by atoms with Crippen molar-refractivity contribution >= 4 is 29.6 Å². The quantitative estimate of drug-likeness (QED) is 0.598. The normalized spacial score (nSPS) is 19.1. The Bertz CT molecular complexity index is 840. The van der Waals surface area contributed by atoms with Gasteiger partial charge in [0.05, 0.1) is 13.2 Å². The first-order valence-corrected chi connectivity index (χ1v) is 11.3. The maximum atomic E-state index is 13.1. The number of hydrogen-bond acceptors (Lipinski definition) is 7. The Kier molecular flexibility index (Phi) is 9.11. The van der Waals surface area contributed by atoms with Crippen LogP contribution in [0.25, 0.3) is 0 Å². The molecule has 1 aliphatic heterocycles. The fraction of sp³-hybridized carbons (Fsp3) is 0.609. The number of halogens is 1. The molecule has 2 amide bonds. The van der Waals surface area contributed by atoms with Gasteiger partial charge in [-0.05, 0) is 51.0 Å². The third-order valence-electron chi connectivity index (χ3n) is 5.33. The molecule has 0 saturated carbocycles. The number of hydrogen-bond donors (Lipinski definition) is 2. The molecule has 1 heterocycles. The minimum Gasteiger partial charge on any atom is -0.467 e. The minimum absolute atomic E-state index is 0.0480. The van der Waals surface area contributed by atoms with Gasteiger partial charge in [0.1, 0.15) is 17.9 Å². The number of benzene rings is 1. The number of esters is 1. The molecule has 0 radical (unpaired) electrons. The van der Waals surface area contributed by atoms with Crippen LogP contribution in [0.1, 0.15) is 45.0 Å². The summed E-state index contributed by atoms with van der Waals surface area (Å²) in [5.74, 6) is -1.04. The van der Waals surface area contributed by atoms with Crippen LogP contribution in [-0.4, -0.2) is 83.5 Å². The highest BCUT2D eigenvalue weighted by Gasteiger charge is 2.41. The van der Waals surface area contributed by atoms with Crippen molar-refractivity contribution in [2.45, 2.75) is 58.5 Å². The molecule has 1 aliphatic rings. The van der Waals surface area contributed by atoms with Gasteiger partial charge in [0.2, 0.25) is 0 Å². The van der Waals surface area contributed by atoms with E-state index in [-0.39, 0.29) is 24.9 Å². The number of carbonyl (C=O) groups is 3. The molecule has 33 heavy (non-hydrogen) atoms. The van der Waals surface area contributed by atoms with Crippen LogP contribution in [0, 0.1) is 5.92 Å². The summed E-state index contributed by atoms with van der Waals surface area (Å²) >= 11 is 5.91. The smallest absolute Gasteiger partial charge is 0.408 e. The third kappa shape index (κ3) is 7.31. The highest BCUT2D eigenvalue weighted by Crippen LogP contribution is 2.21. The van der Waals surface area contributed by atoms with Crippen LogP contribution in [0.15, 0.2) is 24.3 Å². The Morgan fingerprint density at radius 1 is 1.15 bits per heavy atom. The van der Waals surface area contributed by atoms with E-state index in [0.29, 0.717) is 17.1 Å². The van der Waals surface area contributed by atoms with E-state index < -0.39 is 36.0 Å². The number of rotatable bonds is 6. The van der Waals surface area contributed by atoms with Gasteiger partial charge in [0.15, 0.2) is 0 Å². The number of carbonyl (C=O) groups excluding carboxylic acids is 3. The summed E-state index contributed by atoms with van der Waals surface area (Å²) in [4.78, 5) is 41.0. The Balaban J connectivity index is 2.18. The molecule has 1 aromatic carbocycles. The number of amides is 2. The number of alkyl carbamates (subject to hydrolysis) is 1. The lowest BCUT2D eigenvalue weighted by molar-refractivity contribution is -0.151. The van der Waals surface area contributed by atoms with Crippen LogP contribution < -0.4 is 5.32 Å². The molecule has 3 atom stereocenters. The Morgan fingerprint density at radius 3 is 2.27 bits per heavy atom. The average Bonchev–Trinajstić information content (AvgIpc) is 2.74. The van der Waals surface area contributed by atoms with Crippen LogP contribution in [-0.2, 0) is 14.3 Å². The SMILES string of the molecule is COC(=O)[C@H]1CN(C(O)[C@@H](NC(=O)OC(C)(C)C)C(C)C)CCN1C(=O)c1ccc(Cl)cc1. The number of piperazine rings is 1. The van der Waals surface area contributed by atoms with Gasteiger partial charge in [-0.1, -0.05) is 25.4 Å². The maximum absolute atomic E-state index is 13.1. The summed E-state index contributed by atoms with van der Waals surface area (Å²) < 4.78 is 10.3. The van der Waals surface area contributed by atoms with Crippen LogP contribution >= 0.6 is 11.6 Å². The Morgan fingerprint density at radius 2 is 1.76 bits per heavy atom. The van der Waals surface area contributed by atoms with Crippen LogP contribution in [0.3, 0.4) is 0 Å². The van der Waals surface area contributed by atoms with Crippen molar-refractivity contribution in [2.75, 3.05) is 26.7 Å². The van der Waals surface area contributed by atoms with E-state index in [0.717, 1.165) is 0 Å². The fourth-order valence-electron chi connectivity index (χ4n) is 3.64. The number of nitrogens with one attached hydrogen (secondary N) is 1. The van der Waals surface area contributed by atoms with E-state index in [1.54, 1.807) is 49.9 Å². The lowest BCUT2D eigenvalue weighted by atomic mass is 10.00. The molecule has 1 aromatic rings. The molecule has 1 unspecified atom stereocenters. The largest absolute Gasteiger partial charge is 0.467 e. The maximum Gasteiger partial charge on any atom is 0.408 e. The van der Waals surface area contributed by atoms with E-state index in [9.17, 15) is 19.5 Å². The fourth-order valence-corrected chi connectivity index (χ4v) is 3.77. The van der Waals surface area contributed by atoms with E-state index in [1.165, 1.54) is 12.0 Å². The zero-order chi connectivity index (χ0) is 24.9. The number of ether oxygens (including phenoxy) is 2. The second kappa shape index (κ2) is 11.2. The van der Waals surface area contributed by atoms with Crippen molar-refractivity contribution in [3.63, 3.8) is 0 Å². The lowest BCUT2D eigenvalue weighted by Gasteiger charge is -2.44. The van der Waals surface area contributed by atoms with Crippen molar-refractivity contribution in [3.05, 3.63) is 34.9 Å². The summed E-state index contributed by atoms with van der Waals surface area (Å²) in [6.07, 6.45) is -1.74. The van der Waals surface area contributed by atoms with Crippen molar-refractivity contribution < 1.29 is 29.0 Å². The van der Waals surface area contributed by atoms with Gasteiger partial charge in [-0.3, -0.25) is 9.69 Å². The Hall–Kier alpha value is -2.36. The van der Waals surface area contributed by atoms with Crippen molar-refractivity contribution in [1.82, 2.24) is 15.1 Å². The number of nitrogens with zero attached hydrogens (tertiary/aromatic N) is 2. The molecule has 9 nitrogen and oxygen atoms in total. The van der Waals surface area contributed by atoms with Gasteiger partial charge in [-0.2, -0.15) is 0 Å². The molecule has 2 N–H and O–H groups in total. The highest BCUT2D eigenvalue weighted by atomic mass is 35.5. The predicted molar refractivity (Wildman–Crippen MR) is 124 cm³/mol. The molecule has 2 rings (SSSR count). The van der Waals surface area contributed by atoms with Gasteiger partial charge < -0.3 is 24.8 Å². The zero-order valence-corrected chi connectivity index (χ0v) is 20.8. The second-order valence-corrected chi connectivity index (χ2v) is 9.81. The summed E-state index contributed by atoms with van der Waals surface area (Å²) in [6.45, 7) is 9.53. The number of methoxy groups -OCH3 is 1.